The van der Waals surface area contributed by atoms with Crippen LogP contribution in [0.2, 0.25) is 0 Å². The fourth-order valence-corrected chi connectivity index (χ4v) is 3.06. The number of hydrogen-bond acceptors (Lipinski definition) is 3. The molecule has 7 heteroatoms. The van der Waals surface area contributed by atoms with Gasteiger partial charge in [0.1, 0.15) is 6.54 Å². The predicted molar refractivity (Wildman–Crippen MR) is 80.1 cm³/mol. The van der Waals surface area contributed by atoms with Gasteiger partial charge in [0, 0.05) is 5.39 Å². The molecule has 0 atom stereocenters. The molecule has 0 saturated heterocycles. The lowest BCUT2D eigenvalue weighted by atomic mass is 10.1. The molecular formula is C15H11F3N2OS. The third-order valence-corrected chi connectivity index (χ3v) is 4.10. The summed E-state index contributed by atoms with van der Waals surface area (Å²) in [5.74, 6) is 0. The number of nitrogens with zero attached hydrogens (tertiary/aromatic N) is 2. The number of rotatable bonds is 2. The highest BCUT2D eigenvalue weighted by Crippen LogP contribution is 2.30. The Morgan fingerprint density at radius 1 is 1.27 bits per heavy atom. The van der Waals surface area contributed by atoms with E-state index in [4.69, 9.17) is 0 Å². The molecule has 0 aliphatic heterocycles. The maximum absolute atomic E-state index is 12.7. The molecule has 0 radical (unpaired) electrons. The highest BCUT2D eigenvalue weighted by Gasteiger charge is 2.30. The summed E-state index contributed by atoms with van der Waals surface area (Å²) in [6.07, 6.45) is -4.48. The van der Waals surface area contributed by atoms with E-state index in [9.17, 15) is 18.0 Å². The quantitative estimate of drug-likeness (QED) is 0.714. The summed E-state index contributed by atoms with van der Waals surface area (Å²) >= 11 is 1.39. The molecule has 3 aromatic rings. The van der Waals surface area contributed by atoms with E-state index in [0.29, 0.717) is 15.6 Å². The van der Waals surface area contributed by atoms with E-state index in [1.165, 1.54) is 17.4 Å². The second-order valence-corrected chi connectivity index (χ2v) is 5.89. The standard InChI is InChI=1S/C15H11F3N2OS/c1-9-4-5-11-10(7-9)13(12-3-2-6-22-12)19-14(21)20(11)8-15(16,17)18/h2-7H,8H2,1H3. The lowest BCUT2D eigenvalue weighted by molar-refractivity contribution is -0.140. The number of alkyl halides is 3. The summed E-state index contributed by atoms with van der Waals surface area (Å²) in [7, 11) is 0. The Balaban J connectivity index is 2.35. The van der Waals surface area contributed by atoms with Crippen molar-refractivity contribution in [1.29, 1.82) is 0 Å². The van der Waals surface area contributed by atoms with Gasteiger partial charge in [0.25, 0.3) is 0 Å². The van der Waals surface area contributed by atoms with E-state index in [-0.39, 0.29) is 5.52 Å². The van der Waals surface area contributed by atoms with Crippen molar-refractivity contribution in [3.05, 3.63) is 51.8 Å². The lowest BCUT2D eigenvalue weighted by Gasteiger charge is -2.14. The van der Waals surface area contributed by atoms with Crippen LogP contribution >= 0.6 is 11.3 Å². The van der Waals surface area contributed by atoms with Crippen molar-refractivity contribution < 1.29 is 13.2 Å². The molecule has 114 valence electrons. The van der Waals surface area contributed by atoms with Crippen LogP contribution in [0.5, 0.6) is 0 Å². The average Bonchev–Trinajstić information content (AvgIpc) is 2.94. The number of hydrogen-bond donors (Lipinski definition) is 0. The minimum atomic E-state index is -4.48. The van der Waals surface area contributed by atoms with Crippen LogP contribution in [0.25, 0.3) is 21.5 Å². The highest BCUT2D eigenvalue weighted by molar-refractivity contribution is 7.13. The van der Waals surface area contributed by atoms with Crippen molar-refractivity contribution in [1.82, 2.24) is 9.55 Å². The first-order chi connectivity index (χ1) is 10.3. The molecule has 1 aromatic carbocycles. The molecule has 0 saturated carbocycles. The van der Waals surface area contributed by atoms with E-state index in [1.807, 2.05) is 18.4 Å². The molecule has 0 aliphatic carbocycles. The number of halogens is 3. The molecule has 0 spiro atoms. The Bertz CT molecular complexity index is 882. The Kier molecular flexibility index (Phi) is 3.52. The van der Waals surface area contributed by atoms with Crippen LogP contribution in [-0.2, 0) is 6.54 Å². The third-order valence-electron chi connectivity index (χ3n) is 3.23. The van der Waals surface area contributed by atoms with Crippen LogP contribution in [0.15, 0.2) is 40.5 Å². The summed E-state index contributed by atoms with van der Waals surface area (Å²) in [6.45, 7) is 0.500. The van der Waals surface area contributed by atoms with Crippen LogP contribution in [0.4, 0.5) is 13.2 Å². The molecule has 2 aromatic heterocycles. The summed E-state index contributed by atoms with van der Waals surface area (Å²) < 4.78 is 38.8. The predicted octanol–water partition coefficient (Wildman–Crippen LogP) is 4.00. The van der Waals surface area contributed by atoms with Crippen molar-refractivity contribution in [2.24, 2.45) is 0 Å². The summed E-state index contributed by atoms with van der Waals surface area (Å²) in [5, 5.41) is 2.38. The minimum Gasteiger partial charge on any atom is -0.283 e. The van der Waals surface area contributed by atoms with Gasteiger partial charge < -0.3 is 0 Å². The van der Waals surface area contributed by atoms with E-state index < -0.39 is 18.4 Å². The van der Waals surface area contributed by atoms with Gasteiger partial charge in [0.05, 0.1) is 16.1 Å². The minimum absolute atomic E-state index is 0.242. The molecule has 0 fully saturated rings. The first kappa shape index (κ1) is 14.8. The lowest BCUT2D eigenvalue weighted by Crippen LogP contribution is -2.30. The van der Waals surface area contributed by atoms with Gasteiger partial charge in [-0.1, -0.05) is 17.7 Å². The van der Waals surface area contributed by atoms with Gasteiger partial charge in [-0.3, -0.25) is 4.57 Å². The van der Waals surface area contributed by atoms with Crippen LogP contribution in [-0.4, -0.2) is 15.7 Å². The van der Waals surface area contributed by atoms with Gasteiger partial charge in [-0.25, -0.2) is 4.79 Å². The Morgan fingerprint density at radius 2 is 2.05 bits per heavy atom. The van der Waals surface area contributed by atoms with Gasteiger partial charge in [-0.2, -0.15) is 18.2 Å². The van der Waals surface area contributed by atoms with Gasteiger partial charge in [-0.15, -0.1) is 11.3 Å². The van der Waals surface area contributed by atoms with Crippen LogP contribution in [0, 0.1) is 6.92 Å². The highest BCUT2D eigenvalue weighted by atomic mass is 32.1. The number of aromatic nitrogens is 2. The summed E-state index contributed by atoms with van der Waals surface area (Å²) in [5.41, 5.74) is 0.671. The van der Waals surface area contributed by atoms with Crippen molar-refractivity contribution in [3.8, 4) is 10.6 Å². The van der Waals surface area contributed by atoms with E-state index in [1.54, 1.807) is 18.2 Å². The number of aryl methyl sites for hydroxylation is 1. The second kappa shape index (κ2) is 5.24. The van der Waals surface area contributed by atoms with Crippen molar-refractivity contribution in [3.63, 3.8) is 0 Å². The van der Waals surface area contributed by atoms with Gasteiger partial charge >= 0.3 is 11.9 Å². The number of fused-ring (bicyclic) bond motifs is 1. The zero-order chi connectivity index (χ0) is 15.9. The van der Waals surface area contributed by atoms with E-state index in [0.717, 1.165) is 10.4 Å². The first-order valence-corrected chi connectivity index (χ1v) is 7.35. The molecule has 22 heavy (non-hydrogen) atoms. The molecule has 2 heterocycles. The van der Waals surface area contributed by atoms with E-state index >= 15 is 0 Å². The van der Waals surface area contributed by atoms with Crippen LogP contribution in [0.1, 0.15) is 5.56 Å². The van der Waals surface area contributed by atoms with Crippen molar-refractivity contribution in [2.75, 3.05) is 0 Å². The smallest absolute Gasteiger partial charge is 0.283 e. The average molecular weight is 324 g/mol. The van der Waals surface area contributed by atoms with E-state index in [2.05, 4.69) is 4.98 Å². The molecule has 0 unspecified atom stereocenters. The van der Waals surface area contributed by atoms with Crippen molar-refractivity contribution >= 4 is 22.2 Å². The van der Waals surface area contributed by atoms with Gasteiger partial charge in [0.15, 0.2) is 0 Å². The molecule has 0 N–H and O–H groups in total. The third kappa shape index (κ3) is 2.76. The number of benzene rings is 1. The monoisotopic (exact) mass is 324 g/mol. The zero-order valence-corrected chi connectivity index (χ0v) is 12.3. The first-order valence-electron chi connectivity index (χ1n) is 6.47. The second-order valence-electron chi connectivity index (χ2n) is 4.94. The van der Waals surface area contributed by atoms with Gasteiger partial charge in [0.2, 0.25) is 0 Å². The molecule has 0 amide bonds. The zero-order valence-electron chi connectivity index (χ0n) is 11.5. The maximum Gasteiger partial charge on any atom is 0.406 e. The Morgan fingerprint density at radius 3 is 2.68 bits per heavy atom. The Labute approximate surface area is 127 Å². The molecule has 3 rings (SSSR count). The van der Waals surface area contributed by atoms with Gasteiger partial charge in [-0.05, 0) is 30.5 Å². The fourth-order valence-electron chi connectivity index (χ4n) is 2.33. The fraction of sp³-hybridized carbons (Fsp3) is 0.200. The number of thiophene rings is 1. The summed E-state index contributed by atoms with van der Waals surface area (Å²) in [6, 6.07) is 8.58. The Hall–Kier alpha value is -2.15. The summed E-state index contributed by atoms with van der Waals surface area (Å²) in [4.78, 5) is 16.7. The molecular weight excluding hydrogens is 313 g/mol. The molecule has 0 aliphatic rings. The normalized spacial score (nSPS) is 12.0. The molecule has 0 bridgehead atoms. The maximum atomic E-state index is 12.7. The van der Waals surface area contributed by atoms with Crippen LogP contribution in [0.3, 0.4) is 0 Å². The molecule has 3 nitrogen and oxygen atoms in total. The van der Waals surface area contributed by atoms with Crippen molar-refractivity contribution in [2.45, 2.75) is 19.6 Å². The van der Waals surface area contributed by atoms with Crippen LogP contribution < -0.4 is 5.69 Å². The SMILES string of the molecule is Cc1ccc2c(c1)c(-c1cccs1)nc(=O)n2CC(F)(F)F. The largest absolute Gasteiger partial charge is 0.406 e. The topological polar surface area (TPSA) is 34.9 Å².